The number of ketones is 1. The van der Waals surface area contributed by atoms with E-state index in [2.05, 4.69) is 4.98 Å². The van der Waals surface area contributed by atoms with E-state index >= 15 is 0 Å². The molecule has 0 unspecified atom stereocenters. The standard InChI is InChI=1S/C16H19NO2S/c1-10-6-5-7-11(2)15(10)19-9-8-14-17-12(3)16(20-14)13(4)18/h5-7H,8-9H2,1-4H3. The molecule has 3 nitrogen and oxygen atoms in total. The molecular weight excluding hydrogens is 270 g/mol. The van der Waals surface area contributed by atoms with Gasteiger partial charge >= 0.3 is 0 Å². The zero-order chi connectivity index (χ0) is 14.7. The van der Waals surface area contributed by atoms with Crippen molar-refractivity contribution in [2.45, 2.75) is 34.1 Å². The molecule has 106 valence electrons. The topological polar surface area (TPSA) is 39.2 Å². The molecule has 2 rings (SSSR count). The van der Waals surface area contributed by atoms with E-state index in [4.69, 9.17) is 4.74 Å². The monoisotopic (exact) mass is 289 g/mol. The number of Topliss-reactive ketones (excluding diaryl/α,β-unsaturated/α-hetero) is 1. The van der Waals surface area contributed by atoms with E-state index in [9.17, 15) is 4.79 Å². The lowest BCUT2D eigenvalue weighted by Crippen LogP contribution is -2.03. The van der Waals surface area contributed by atoms with Crippen molar-refractivity contribution in [3.05, 3.63) is 44.9 Å². The second kappa shape index (κ2) is 6.18. The summed E-state index contributed by atoms with van der Waals surface area (Å²) in [5.74, 6) is 1.04. The van der Waals surface area contributed by atoms with E-state index in [1.807, 2.05) is 39.0 Å². The lowest BCUT2D eigenvalue weighted by molar-refractivity contribution is 0.102. The van der Waals surface area contributed by atoms with E-state index in [0.29, 0.717) is 6.61 Å². The number of benzene rings is 1. The fraction of sp³-hybridized carbons (Fsp3) is 0.375. The first kappa shape index (κ1) is 14.7. The van der Waals surface area contributed by atoms with Gasteiger partial charge in [-0.05, 0) is 31.9 Å². The van der Waals surface area contributed by atoms with Gasteiger partial charge in [-0.3, -0.25) is 4.79 Å². The van der Waals surface area contributed by atoms with Crippen molar-refractivity contribution < 1.29 is 9.53 Å². The van der Waals surface area contributed by atoms with Crippen LogP contribution >= 0.6 is 11.3 Å². The van der Waals surface area contributed by atoms with Crippen molar-refractivity contribution in [2.24, 2.45) is 0 Å². The van der Waals surface area contributed by atoms with Crippen LogP contribution in [-0.2, 0) is 6.42 Å². The van der Waals surface area contributed by atoms with Gasteiger partial charge in [0, 0.05) is 13.3 Å². The van der Waals surface area contributed by atoms with E-state index in [1.165, 1.54) is 11.3 Å². The normalized spacial score (nSPS) is 10.6. The van der Waals surface area contributed by atoms with Crippen LogP contribution in [-0.4, -0.2) is 17.4 Å². The molecule has 0 radical (unpaired) electrons. The third-order valence-electron chi connectivity index (χ3n) is 3.13. The summed E-state index contributed by atoms with van der Waals surface area (Å²) in [5.41, 5.74) is 3.11. The summed E-state index contributed by atoms with van der Waals surface area (Å²) < 4.78 is 5.86. The fourth-order valence-electron chi connectivity index (χ4n) is 2.15. The molecule has 0 amide bonds. The molecule has 0 atom stereocenters. The van der Waals surface area contributed by atoms with Gasteiger partial charge in [0.25, 0.3) is 0 Å². The van der Waals surface area contributed by atoms with Crippen LogP contribution in [0.25, 0.3) is 0 Å². The largest absolute Gasteiger partial charge is 0.493 e. The average molecular weight is 289 g/mol. The zero-order valence-electron chi connectivity index (χ0n) is 12.3. The maximum Gasteiger partial charge on any atom is 0.171 e. The van der Waals surface area contributed by atoms with E-state index in [1.54, 1.807) is 6.92 Å². The molecule has 0 aliphatic carbocycles. The Morgan fingerprint density at radius 3 is 2.45 bits per heavy atom. The lowest BCUT2D eigenvalue weighted by atomic mass is 10.1. The predicted molar refractivity (Wildman–Crippen MR) is 82.0 cm³/mol. The maximum atomic E-state index is 11.4. The van der Waals surface area contributed by atoms with Gasteiger partial charge in [0.15, 0.2) is 5.78 Å². The number of nitrogens with zero attached hydrogens (tertiary/aromatic N) is 1. The van der Waals surface area contributed by atoms with Crippen LogP contribution in [0.2, 0.25) is 0 Å². The molecule has 0 spiro atoms. The molecule has 20 heavy (non-hydrogen) atoms. The average Bonchev–Trinajstić information content (AvgIpc) is 2.74. The summed E-state index contributed by atoms with van der Waals surface area (Å²) >= 11 is 1.47. The number of thiazole rings is 1. The van der Waals surface area contributed by atoms with Crippen molar-refractivity contribution in [3.8, 4) is 5.75 Å². The first-order chi connectivity index (χ1) is 9.49. The molecule has 1 heterocycles. The number of carbonyl (C=O) groups is 1. The Labute approximate surface area is 123 Å². The van der Waals surface area contributed by atoms with Crippen LogP contribution in [0, 0.1) is 20.8 Å². The van der Waals surface area contributed by atoms with E-state index < -0.39 is 0 Å². The number of ether oxygens (including phenoxy) is 1. The Bertz CT molecular complexity index is 611. The Kier molecular flexibility index (Phi) is 4.55. The second-order valence-corrected chi connectivity index (χ2v) is 5.98. The second-order valence-electron chi connectivity index (χ2n) is 4.90. The van der Waals surface area contributed by atoms with Crippen molar-refractivity contribution in [1.82, 2.24) is 4.98 Å². The fourth-order valence-corrected chi connectivity index (χ4v) is 3.09. The molecule has 0 fully saturated rings. The molecule has 1 aromatic heterocycles. The molecule has 0 N–H and O–H groups in total. The first-order valence-corrected chi connectivity index (χ1v) is 7.47. The summed E-state index contributed by atoms with van der Waals surface area (Å²) in [4.78, 5) is 16.6. The Morgan fingerprint density at radius 2 is 1.90 bits per heavy atom. The molecule has 2 aromatic rings. The minimum atomic E-state index is 0.0851. The Hall–Kier alpha value is -1.68. The van der Waals surface area contributed by atoms with Gasteiger partial charge in [-0.2, -0.15) is 0 Å². The van der Waals surface area contributed by atoms with Gasteiger partial charge < -0.3 is 4.74 Å². The number of carbonyl (C=O) groups excluding carboxylic acids is 1. The minimum absolute atomic E-state index is 0.0851. The van der Waals surface area contributed by atoms with Crippen LogP contribution in [0.1, 0.15) is 38.4 Å². The zero-order valence-corrected chi connectivity index (χ0v) is 13.1. The molecule has 0 saturated heterocycles. The van der Waals surface area contributed by atoms with Gasteiger partial charge in [-0.15, -0.1) is 11.3 Å². The lowest BCUT2D eigenvalue weighted by Gasteiger charge is -2.10. The van der Waals surface area contributed by atoms with Gasteiger partial charge in [-0.25, -0.2) is 4.98 Å². The van der Waals surface area contributed by atoms with Gasteiger partial charge in [0.05, 0.1) is 22.2 Å². The summed E-state index contributed by atoms with van der Waals surface area (Å²) in [6.07, 6.45) is 0.729. The summed E-state index contributed by atoms with van der Waals surface area (Å²) in [6, 6.07) is 6.12. The molecule has 0 saturated carbocycles. The molecule has 4 heteroatoms. The first-order valence-electron chi connectivity index (χ1n) is 6.65. The summed E-state index contributed by atoms with van der Waals surface area (Å²) in [5, 5.41) is 0.957. The smallest absolute Gasteiger partial charge is 0.171 e. The van der Waals surface area contributed by atoms with Crippen LogP contribution in [0.5, 0.6) is 5.75 Å². The number of hydrogen-bond donors (Lipinski definition) is 0. The minimum Gasteiger partial charge on any atom is -0.493 e. The number of para-hydroxylation sites is 1. The third-order valence-corrected chi connectivity index (χ3v) is 4.45. The number of rotatable bonds is 5. The predicted octanol–water partition coefficient (Wildman–Crippen LogP) is 3.89. The third kappa shape index (κ3) is 3.25. The van der Waals surface area contributed by atoms with Crippen molar-refractivity contribution >= 4 is 17.1 Å². The number of aryl methyl sites for hydroxylation is 3. The molecule has 1 aromatic carbocycles. The van der Waals surface area contributed by atoms with Crippen LogP contribution in [0.4, 0.5) is 0 Å². The highest BCUT2D eigenvalue weighted by Gasteiger charge is 2.11. The summed E-state index contributed by atoms with van der Waals surface area (Å²) in [7, 11) is 0. The van der Waals surface area contributed by atoms with Crippen LogP contribution in [0.3, 0.4) is 0 Å². The number of hydrogen-bond acceptors (Lipinski definition) is 4. The quantitative estimate of drug-likeness (QED) is 0.784. The van der Waals surface area contributed by atoms with Crippen LogP contribution < -0.4 is 4.74 Å². The highest BCUT2D eigenvalue weighted by molar-refractivity contribution is 7.13. The van der Waals surface area contributed by atoms with E-state index in [-0.39, 0.29) is 5.78 Å². The van der Waals surface area contributed by atoms with Crippen molar-refractivity contribution in [1.29, 1.82) is 0 Å². The maximum absolute atomic E-state index is 11.4. The molecular formula is C16H19NO2S. The van der Waals surface area contributed by atoms with Gasteiger partial charge in [-0.1, -0.05) is 18.2 Å². The molecule has 0 bridgehead atoms. The number of aromatic nitrogens is 1. The SMILES string of the molecule is CC(=O)c1sc(CCOc2c(C)cccc2C)nc1C. The van der Waals surface area contributed by atoms with Crippen molar-refractivity contribution in [2.75, 3.05) is 6.61 Å². The highest BCUT2D eigenvalue weighted by atomic mass is 32.1. The van der Waals surface area contributed by atoms with Crippen molar-refractivity contribution in [3.63, 3.8) is 0 Å². The Morgan fingerprint density at radius 1 is 1.25 bits per heavy atom. The molecule has 0 aliphatic rings. The van der Waals surface area contributed by atoms with Gasteiger partial charge in [0.2, 0.25) is 0 Å². The van der Waals surface area contributed by atoms with E-state index in [0.717, 1.165) is 38.9 Å². The molecule has 0 aliphatic heterocycles. The van der Waals surface area contributed by atoms with Crippen LogP contribution in [0.15, 0.2) is 18.2 Å². The highest BCUT2D eigenvalue weighted by Crippen LogP contribution is 2.23. The van der Waals surface area contributed by atoms with Gasteiger partial charge in [0.1, 0.15) is 5.75 Å². The Balaban J connectivity index is 2.00. The summed E-state index contributed by atoms with van der Waals surface area (Å²) in [6.45, 7) is 8.13.